The lowest BCUT2D eigenvalue weighted by Gasteiger charge is -2.22. The molecule has 0 aromatic heterocycles. The molecule has 84 valence electrons. The van der Waals surface area contributed by atoms with Gasteiger partial charge in [-0.1, -0.05) is 41.9 Å². The second-order valence-corrected chi connectivity index (χ2v) is 6.65. The topological polar surface area (TPSA) is 26.0 Å². The highest BCUT2D eigenvalue weighted by Gasteiger charge is 2.17. The van der Waals surface area contributed by atoms with E-state index in [1.807, 2.05) is 11.8 Å². The molecule has 3 heteroatoms. The Balaban J connectivity index is 2.84. The highest BCUT2D eigenvalue weighted by atomic mass is 79.9. The molecule has 1 aromatic rings. The third-order valence-corrected chi connectivity index (χ3v) is 4.16. The van der Waals surface area contributed by atoms with E-state index in [4.69, 9.17) is 5.73 Å². The molecule has 0 aliphatic carbocycles. The summed E-state index contributed by atoms with van der Waals surface area (Å²) < 4.78 is 1.12. The SMILES string of the molecule is CC(C)SC(c1ccc(Br)cc1)C(C)N. The van der Waals surface area contributed by atoms with Crippen molar-refractivity contribution in [2.24, 2.45) is 5.73 Å². The van der Waals surface area contributed by atoms with Crippen molar-refractivity contribution >= 4 is 27.7 Å². The van der Waals surface area contributed by atoms with Crippen LogP contribution in [0, 0.1) is 0 Å². The van der Waals surface area contributed by atoms with Gasteiger partial charge in [0.25, 0.3) is 0 Å². The van der Waals surface area contributed by atoms with Crippen LogP contribution in [-0.2, 0) is 0 Å². The average molecular weight is 288 g/mol. The summed E-state index contributed by atoms with van der Waals surface area (Å²) >= 11 is 5.37. The smallest absolute Gasteiger partial charge is 0.0448 e. The van der Waals surface area contributed by atoms with Crippen LogP contribution >= 0.6 is 27.7 Å². The van der Waals surface area contributed by atoms with Crippen LogP contribution < -0.4 is 5.73 Å². The predicted octanol–water partition coefficient (Wildman–Crippen LogP) is 3.98. The Kier molecular flexibility index (Phi) is 5.16. The van der Waals surface area contributed by atoms with Crippen molar-refractivity contribution in [3.63, 3.8) is 0 Å². The third kappa shape index (κ3) is 4.17. The second-order valence-electron chi connectivity index (χ2n) is 4.02. The largest absolute Gasteiger partial charge is 0.327 e. The van der Waals surface area contributed by atoms with E-state index >= 15 is 0 Å². The molecule has 2 unspecified atom stereocenters. The van der Waals surface area contributed by atoms with Crippen molar-refractivity contribution in [3.05, 3.63) is 34.3 Å². The Morgan fingerprint density at radius 1 is 1.13 bits per heavy atom. The molecule has 0 saturated carbocycles. The van der Waals surface area contributed by atoms with E-state index in [2.05, 4.69) is 61.0 Å². The fourth-order valence-corrected chi connectivity index (χ4v) is 2.86. The number of nitrogens with two attached hydrogens (primary N) is 1. The summed E-state index contributed by atoms with van der Waals surface area (Å²) in [4.78, 5) is 0. The Labute approximate surface area is 105 Å². The van der Waals surface area contributed by atoms with Crippen molar-refractivity contribution < 1.29 is 0 Å². The van der Waals surface area contributed by atoms with Gasteiger partial charge in [-0.15, -0.1) is 11.8 Å². The van der Waals surface area contributed by atoms with Crippen molar-refractivity contribution in [1.82, 2.24) is 0 Å². The standard InChI is InChI=1S/C12H18BrNS/c1-8(2)15-12(9(3)14)10-4-6-11(13)7-5-10/h4-9,12H,14H2,1-3H3. The van der Waals surface area contributed by atoms with E-state index in [0.29, 0.717) is 10.5 Å². The summed E-state index contributed by atoms with van der Waals surface area (Å²) in [5, 5.41) is 0.989. The van der Waals surface area contributed by atoms with Gasteiger partial charge in [0.2, 0.25) is 0 Å². The van der Waals surface area contributed by atoms with Crippen LogP contribution in [0.5, 0.6) is 0 Å². The summed E-state index contributed by atoms with van der Waals surface area (Å²) in [5.74, 6) is 0. The highest BCUT2D eigenvalue weighted by Crippen LogP contribution is 2.34. The monoisotopic (exact) mass is 287 g/mol. The molecule has 2 atom stereocenters. The van der Waals surface area contributed by atoms with Gasteiger partial charge < -0.3 is 5.73 Å². The zero-order valence-electron chi connectivity index (χ0n) is 9.41. The van der Waals surface area contributed by atoms with E-state index in [1.165, 1.54) is 5.56 Å². The fraction of sp³-hybridized carbons (Fsp3) is 0.500. The lowest BCUT2D eigenvalue weighted by atomic mass is 10.1. The third-order valence-electron chi connectivity index (χ3n) is 2.09. The van der Waals surface area contributed by atoms with E-state index in [1.54, 1.807) is 0 Å². The maximum Gasteiger partial charge on any atom is 0.0448 e. The summed E-state index contributed by atoms with van der Waals surface area (Å²) in [6.07, 6.45) is 0. The average Bonchev–Trinajstić information content (AvgIpc) is 2.15. The molecule has 1 rings (SSSR count). The molecule has 2 N–H and O–H groups in total. The number of thioether (sulfide) groups is 1. The van der Waals surface area contributed by atoms with E-state index in [0.717, 1.165) is 4.47 Å². The second kappa shape index (κ2) is 5.92. The number of hydrogen-bond donors (Lipinski definition) is 1. The minimum Gasteiger partial charge on any atom is -0.327 e. The first kappa shape index (κ1) is 13.1. The van der Waals surface area contributed by atoms with Gasteiger partial charge >= 0.3 is 0 Å². The molecule has 0 saturated heterocycles. The summed E-state index contributed by atoms with van der Waals surface area (Å²) in [6, 6.07) is 8.62. The fourth-order valence-electron chi connectivity index (χ4n) is 1.45. The zero-order valence-corrected chi connectivity index (χ0v) is 11.8. The molecule has 1 nitrogen and oxygen atoms in total. The van der Waals surface area contributed by atoms with E-state index in [9.17, 15) is 0 Å². The first-order valence-corrected chi connectivity index (χ1v) is 6.90. The number of hydrogen-bond acceptors (Lipinski definition) is 2. The molecule has 0 heterocycles. The van der Waals surface area contributed by atoms with E-state index in [-0.39, 0.29) is 6.04 Å². The van der Waals surface area contributed by atoms with Crippen LogP contribution in [0.15, 0.2) is 28.7 Å². The predicted molar refractivity (Wildman–Crippen MR) is 73.3 cm³/mol. The quantitative estimate of drug-likeness (QED) is 0.907. The Morgan fingerprint density at radius 2 is 1.67 bits per heavy atom. The molecule has 0 bridgehead atoms. The van der Waals surface area contributed by atoms with Crippen LogP contribution in [0.1, 0.15) is 31.6 Å². The van der Waals surface area contributed by atoms with Gasteiger partial charge in [0.1, 0.15) is 0 Å². The number of halogens is 1. The lowest BCUT2D eigenvalue weighted by molar-refractivity contribution is 0.718. The van der Waals surface area contributed by atoms with Gasteiger partial charge in [0, 0.05) is 15.8 Å². The Bertz CT molecular complexity index is 295. The lowest BCUT2D eigenvalue weighted by Crippen LogP contribution is -2.23. The zero-order chi connectivity index (χ0) is 11.4. The van der Waals surface area contributed by atoms with Crippen LogP contribution in [-0.4, -0.2) is 11.3 Å². The molecule has 1 aromatic carbocycles. The summed E-state index contributed by atoms with van der Waals surface area (Å²) in [7, 11) is 0. The highest BCUT2D eigenvalue weighted by molar-refractivity contribution is 9.10. The first-order chi connectivity index (χ1) is 7.00. The summed E-state index contributed by atoms with van der Waals surface area (Å²) in [5.41, 5.74) is 7.33. The molecule has 0 fully saturated rings. The minimum absolute atomic E-state index is 0.179. The van der Waals surface area contributed by atoms with E-state index < -0.39 is 0 Å². The molecule has 0 spiro atoms. The first-order valence-electron chi connectivity index (χ1n) is 5.17. The molecule has 0 radical (unpaired) electrons. The van der Waals surface area contributed by atoms with Crippen molar-refractivity contribution in [1.29, 1.82) is 0 Å². The van der Waals surface area contributed by atoms with Crippen LogP contribution in [0.25, 0.3) is 0 Å². The molecule has 15 heavy (non-hydrogen) atoms. The normalized spacial score (nSPS) is 15.3. The van der Waals surface area contributed by atoms with Gasteiger partial charge in [-0.2, -0.15) is 0 Å². The van der Waals surface area contributed by atoms with Gasteiger partial charge in [-0.05, 0) is 29.9 Å². The number of benzene rings is 1. The minimum atomic E-state index is 0.179. The van der Waals surface area contributed by atoms with Crippen molar-refractivity contribution in [2.75, 3.05) is 0 Å². The Hall–Kier alpha value is 0.01000. The van der Waals surface area contributed by atoms with Gasteiger partial charge in [-0.25, -0.2) is 0 Å². The molecule has 0 amide bonds. The van der Waals surface area contributed by atoms with Gasteiger partial charge in [0.05, 0.1) is 0 Å². The van der Waals surface area contributed by atoms with Gasteiger partial charge in [0.15, 0.2) is 0 Å². The number of rotatable bonds is 4. The molecular weight excluding hydrogens is 270 g/mol. The van der Waals surface area contributed by atoms with Crippen LogP contribution in [0.3, 0.4) is 0 Å². The molecular formula is C12H18BrNS. The van der Waals surface area contributed by atoms with Crippen molar-refractivity contribution in [2.45, 2.75) is 37.3 Å². The van der Waals surface area contributed by atoms with Crippen molar-refractivity contribution in [3.8, 4) is 0 Å². The Morgan fingerprint density at radius 3 is 2.07 bits per heavy atom. The van der Waals surface area contributed by atoms with Gasteiger partial charge in [-0.3, -0.25) is 0 Å². The maximum absolute atomic E-state index is 6.02. The molecule has 0 aliphatic heterocycles. The summed E-state index contributed by atoms with van der Waals surface area (Å²) in [6.45, 7) is 6.49. The maximum atomic E-state index is 6.02. The van der Waals surface area contributed by atoms with Crippen LogP contribution in [0.4, 0.5) is 0 Å². The van der Waals surface area contributed by atoms with Crippen LogP contribution in [0.2, 0.25) is 0 Å². The molecule has 0 aliphatic rings.